The lowest BCUT2D eigenvalue weighted by Gasteiger charge is -2.23. The number of amidine groups is 1. The second-order valence-corrected chi connectivity index (χ2v) is 4.64. The molecule has 0 radical (unpaired) electrons. The maximum atomic E-state index is 8.71. The number of halogens is 1. The summed E-state index contributed by atoms with van der Waals surface area (Å²) in [6.07, 6.45) is 0. The Balaban J connectivity index is 2.40. The molecule has 0 heterocycles. The molecule has 2 aromatic carbocycles. The highest BCUT2D eigenvalue weighted by Gasteiger charge is 2.11. The van der Waals surface area contributed by atoms with E-state index in [0.29, 0.717) is 10.6 Å². The summed E-state index contributed by atoms with van der Waals surface area (Å²) in [5.74, 6) is 0.00399. The van der Waals surface area contributed by atoms with E-state index in [2.05, 4.69) is 17.0 Å². The number of rotatable bonds is 4. The molecule has 0 bridgehead atoms. The van der Waals surface area contributed by atoms with Gasteiger partial charge >= 0.3 is 0 Å². The van der Waals surface area contributed by atoms with Crippen molar-refractivity contribution in [2.75, 3.05) is 11.4 Å². The molecule has 2 rings (SSSR count). The summed E-state index contributed by atoms with van der Waals surface area (Å²) < 4.78 is 0. The summed E-state index contributed by atoms with van der Waals surface area (Å²) in [5.41, 5.74) is 8.13. The van der Waals surface area contributed by atoms with Crippen LogP contribution in [0.5, 0.6) is 0 Å². The molecular formula is C15H16ClN3O. The van der Waals surface area contributed by atoms with Gasteiger partial charge in [0, 0.05) is 23.5 Å². The van der Waals surface area contributed by atoms with Crippen molar-refractivity contribution in [2.45, 2.75) is 6.92 Å². The van der Waals surface area contributed by atoms with Crippen LogP contribution in [0.15, 0.2) is 53.7 Å². The van der Waals surface area contributed by atoms with E-state index in [1.165, 1.54) is 0 Å². The Morgan fingerprint density at radius 3 is 2.45 bits per heavy atom. The molecule has 0 unspecified atom stereocenters. The van der Waals surface area contributed by atoms with E-state index in [1.807, 2.05) is 42.5 Å². The molecule has 20 heavy (non-hydrogen) atoms. The van der Waals surface area contributed by atoms with Crippen LogP contribution in [0.1, 0.15) is 12.5 Å². The third-order valence-corrected chi connectivity index (χ3v) is 3.34. The summed E-state index contributed by atoms with van der Waals surface area (Å²) in [6, 6.07) is 15.5. The predicted octanol–water partition coefficient (Wildman–Crippen LogP) is 3.59. The van der Waals surface area contributed by atoms with Crippen molar-refractivity contribution in [3.8, 4) is 0 Å². The van der Waals surface area contributed by atoms with Gasteiger partial charge in [-0.1, -0.05) is 35.0 Å². The first kappa shape index (κ1) is 14.2. The van der Waals surface area contributed by atoms with Gasteiger partial charge in [-0.05, 0) is 37.3 Å². The Kier molecular flexibility index (Phi) is 4.48. The molecule has 0 aliphatic heterocycles. The van der Waals surface area contributed by atoms with Crippen molar-refractivity contribution in [3.63, 3.8) is 0 Å². The van der Waals surface area contributed by atoms with Crippen LogP contribution in [0, 0.1) is 0 Å². The first-order valence-electron chi connectivity index (χ1n) is 6.27. The second-order valence-electron chi connectivity index (χ2n) is 4.23. The molecule has 4 nitrogen and oxygen atoms in total. The number of hydrogen-bond acceptors (Lipinski definition) is 3. The molecule has 0 saturated heterocycles. The highest BCUT2D eigenvalue weighted by molar-refractivity contribution is 6.34. The molecule has 0 aliphatic carbocycles. The fourth-order valence-corrected chi connectivity index (χ4v) is 2.33. The molecule has 0 aliphatic rings. The van der Waals surface area contributed by atoms with Gasteiger partial charge in [-0.3, -0.25) is 0 Å². The highest BCUT2D eigenvalue weighted by atomic mass is 35.5. The summed E-state index contributed by atoms with van der Waals surface area (Å²) in [5, 5.41) is 12.1. The predicted molar refractivity (Wildman–Crippen MR) is 83.1 cm³/mol. The maximum absolute atomic E-state index is 8.71. The van der Waals surface area contributed by atoms with Crippen LogP contribution in [0.25, 0.3) is 0 Å². The van der Waals surface area contributed by atoms with Crippen LogP contribution in [-0.2, 0) is 0 Å². The average molecular weight is 290 g/mol. The van der Waals surface area contributed by atoms with Gasteiger partial charge in [0.1, 0.15) is 0 Å². The third kappa shape index (κ3) is 2.86. The van der Waals surface area contributed by atoms with Crippen molar-refractivity contribution in [2.24, 2.45) is 10.9 Å². The lowest BCUT2D eigenvalue weighted by molar-refractivity contribution is 0.318. The van der Waals surface area contributed by atoms with Crippen molar-refractivity contribution in [3.05, 3.63) is 59.1 Å². The van der Waals surface area contributed by atoms with E-state index in [4.69, 9.17) is 22.5 Å². The van der Waals surface area contributed by atoms with Crippen molar-refractivity contribution < 1.29 is 5.21 Å². The van der Waals surface area contributed by atoms with E-state index in [-0.39, 0.29) is 5.84 Å². The summed E-state index contributed by atoms with van der Waals surface area (Å²) in [4.78, 5) is 2.13. The number of para-hydroxylation sites is 1. The van der Waals surface area contributed by atoms with Gasteiger partial charge in [0.05, 0.1) is 5.02 Å². The molecule has 0 spiro atoms. The lowest BCUT2D eigenvalue weighted by atomic mass is 10.1. The maximum Gasteiger partial charge on any atom is 0.171 e. The standard InChI is InChI=1S/C15H16ClN3O/c1-2-19(11-6-4-3-5-7-11)12-8-9-13(14(16)10-12)15(17)18-20/h3-10,20H,2H2,1H3,(H2,17,18). The Labute approximate surface area is 123 Å². The summed E-state index contributed by atoms with van der Waals surface area (Å²) in [7, 11) is 0. The monoisotopic (exact) mass is 289 g/mol. The van der Waals surface area contributed by atoms with Crippen molar-refractivity contribution in [1.29, 1.82) is 0 Å². The number of benzene rings is 2. The summed E-state index contributed by atoms with van der Waals surface area (Å²) >= 11 is 6.19. The first-order valence-corrected chi connectivity index (χ1v) is 6.65. The van der Waals surface area contributed by atoms with Crippen LogP contribution in [0.4, 0.5) is 11.4 Å². The van der Waals surface area contributed by atoms with Gasteiger partial charge in [0.25, 0.3) is 0 Å². The zero-order valence-electron chi connectivity index (χ0n) is 11.1. The molecule has 0 atom stereocenters. The largest absolute Gasteiger partial charge is 0.409 e. The van der Waals surface area contributed by atoms with Gasteiger partial charge < -0.3 is 15.8 Å². The number of anilines is 2. The minimum absolute atomic E-state index is 0.00399. The Bertz CT molecular complexity index is 614. The molecule has 0 amide bonds. The van der Waals surface area contributed by atoms with E-state index in [1.54, 1.807) is 6.07 Å². The van der Waals surface area contributed by atoms with Crippen LogP contribution >= 0.6 is 11.6 Å². The second kappa shape index (κ2) is 6.30. The molecule has 2 aromatic rings. The van der Waals surface area contributed by atoms with Gasteiger partial charge in [0.2, 0.25) is 0 Å². The Morgan fingerprint density at radius 2 is 1.90 bits per heavy atom. The number of nitrogens with zero attached hydrogens (tertiary/aromatic N) is 2. The first-order chi connectivity index (χ1) is 9.67. The van der Waals surface area contributed by atoms with Crippen LogP contribution in [0.3, 0.4) is 0 Å². The topological polar surface area (TPSA) is 61.8 Å². The van der Waals surface area contributed by atoms with Crippen LogP contribution < -0.4 is 10.6 Å². The minimum atomic E-state index is 0.00399. The number of hydrogen-bond donors (Lipinski definition) is 2. The lowest BCUT2D eigenvalue weighted by Crippen LogP contribution is -2.17. The third-order valence-electron chi connectivity index (χ3n) is 3.03. The Morgan fingerprint density at radius 1 is 1.20 bits per heavy atom. The van der Waals surface area contributed by atoms with Crippen molar-refractivity contribution in [1.82, 2.24) is 0 Å². The average Bonchev–Trinajstić information content (AvgIpc) is 2.48. The minimum Gasteiger partial charge on any atom is -0.409 e. The van der Waals surface area contributed by atoms with Gasteiger partial charge in [-0.25, -0.2) is 0 Å². The van der Waals surface area contributed by atoms with Gasteiger partial charge in [-0.15, -0.1) is 0 Å². The number of oxime groups is 1. The smallest absolute Gasteiger partial charge is 0.171 e. The zero-order valence-corrected chi connectivity index (χ0v) is 11.9. The van der Waals surface area contributed by atoms with Gasteiger partial charge in [0.15, 0.2) is 5.84 Å². The zero-order chi connectivity index (χ0) is 14.5. The molecule has 0 fully saturated rings. The fraction of sp³-hybridized carbons (Fsp3) is 0.133. The fourth-order valence-electron chi connectivity index (χ4n) is 2.06. The van der Waals surface area contributed by atoms with E-state index >= 15 is 0 Å². The van der Waals surface area contributed by atoms with E-state index in [9.17, 15) is 0 Å². The van der Waals surface area contributed by atoms with Crippen LogP contribution in [-0.4, -0.2) is 17.6 Å². The highest BCUT2D eigenvalue weighted by Crippen LogP contribution is 2.29. The molecule has 0 aromatic heterocycles. The van der Waals surface area contributed by atoms with E-state index in [0.717, 1.165) is 17.9 Å². The Hall–Kier alpha value is -2.20. The quantitative estimate of drug-likeness (QED) is 0.391. The summed E-state index contributed by atoms with van der Waals surface area (Å²) in [6.45, 7) is 2.88. The normalized spacial score (nSPS) is 11.4. The molecule has 3 N–H and O–H groups in total. The SMILES string of the molecule is CCN(c1ccccc1)c1ccc(C(N)=NO)c(Cl)c1. The molecule has 104 valence electrons. The van der Waals surface area contributed by atoms with Crippen molar-refractivity contribution >= 4 is 28.8 Å². The van der Waals surface area contributed by atoms with Crippen LogP contribution in [0.2, 0.25) is 5.02 Å². The van der Waals surface area contributed by atoms with Gasteiger partial charge in [-0.2, -0.15) is 0 Å². The molecule has 5 heteroatoms. The van der Waals surface area contributed by atoms with E-state index < -0.39 is 0 Å². The molecular weight excluding hydrogens is 274 g/mol. The molecule has 0 saturated carbocycles. The number of nitrogens with two attached hydrogens (primary N) is 1.